The van der Waals surface area contributed by atoms with Gasteiger partial charge in [-0.15, -0.1) is 0 Å². The van der Waals surface area contributed by atoms with Gasteiger partial charge in [0, 0.05) is 16.3 Å². The number of carbonyl (C=O) groups excluding carboxylic acids is 1. The van der Waals surface area contributed by atoms with E-state index in [1.807, 2.05) is 19.1 Å². The van der Waals surface area contributed by atoms with Crippen LogP contribution in [0, 0.1) is 6.92 Å². The van der Waals surface area contributed by atoms with E-state index >= 15 is 0 Å². The molecule has 0 saturated heterocycles. The quantitative estimate of drug-likeness (QED) is 0.760. The number of hydrogen-bond acceptors (Lipinski definition) is 3. The molecule has 0 atom stereocenters. The van der Waals surface area contributed by atoms with Gasteiger partial charge in [0.25, 0.3) is 5.91 Å². The lowest BCUT2D eigenvalue weighted by molar-refractivity contribution is 0.102. The van der Waals surface area contributed by atoms with E-state index in [4.69, 9.17) is 11.6 Å². The summed E-state index contributed by atoms with van der Waals surface area (Å²) < 4.78 is 0. The van der Waals surface area contributed by atoms with Gasteiger partial charge in [-0.05, 0) is 43.3 Å². The number of hydrogen-bond donors (Lipinski definition) is 2. The fraction of sp³-hybridized carbons (Fsp3) is 0.0714. The van der Waals surface area contributed by atoms with Crippen molar-refractivity contribution in [2.45, 2.75) is 6.92 Å². The van der Waals surface area contributed by atoms with Crippen molar-refractivity contribution < 1.29 is 4.79 Å². The van der Waals surface area contributed by atoms with Gasteiger partial charge in [0.15, 0.2) is 11.5 Å². The number of pyridine rings is 1. The number of aromatic nitrogens is 3. The summed E-state index contributed by atoms with van der Waals surface area (Å²) in [5, 5.41) is 11.0. The molecule has 0 unspecified atom stereocenters. The molecule has 100 valence electrons. The highest BCUT2D eigenvalue weighted by Gasteiger charge is 2.11. The third-order valence-electron chi connectivity index (χ3n) is 2.90. The Labute approximate surface area is 120 Å². The predicted octanol–water partition coefficient (Wildman–Crippen LogP) is 3.17. The molecule has 0 aliphatic carbocycles. The zero-order chi connectivity index (χ0) is 14.1. The van der Waals surface area contributed by atoms with Gasteiger partial charge in [-0.25, -0.2) is 4.98 Å². The Hall–Kier alpha value is -2.40. The first kappa shape index (κ1) is 12.6. The number of rotatable bonds is 2. The average Bonchev–Trinajstić information content (AvgIpc) is 2.81. The van der Waals surface area contributed by atoms with E-state index in [0.29, 0.717) is 22.1 Å². The Morgan fingerprint density at radius 1 is 1.20 bits per heavy atom. The van der Waals surface area contributed by atoms with E-state index in [9.17, 15) is 4.79 Å². The summed E-state index contributed by atoms with van der Waals surface area (Å²) in [6.45, 7) is 1.90. The summed E-state index contributed by atoms with van der Waals surface area (Å²) in [4.78, 5) is 16.4. The van der Waals surface area contributed by atoms with Crippen LogP contribution in [0.15, 0.2) is 36.4 Å². The molecular weight excluding hydrogens is 276 g/mol. The second-order valence-corrected chi connectivity index (χ2v) is 4.82. The maximum absolute atomic E-state index is 12.1. The molecule has 0 saturated carbocycles. The largest absolute Gasteiger partial charge is 0.305 e. The Kier molecular flexibility index (Phi) is 3.12. The summed E-state index contributed by atoms with van der Waals surface area (Å²) >= 11 is 5.79. The normalized spacial score (nSPS) is 10.7. The maximum Gasteiger partial charge on any atom is 0.256 e. The van der Waals surface area contributed by atoms with Crippen molar-refractivity contribution in [2.75, 3.05) is 5.32 Å². The summed E-state index contributed by atoms with van der Waals surface area (Å²) in [5.41, 5.74) is 2.05. The number of nitrogens with zero attached hydrogens (tertiary/aromatic N) is 2. The minimum Gasteiger partial charge on any atom is -0.305 e. The highest BCUT2D eigenvalue weighted by atomic mass is 35.5. The van der Waals surface area contributed by atoms with Gasteiger partial charge in [0.05, 0.1) is 5.39 Å². The van der Waals surface area contributed by atoms with Crippen LogP contribution in [0.3, 0.4) is 0 Å². The number of H-pyrrole nitrogens is 1. The van der Waals surface area contributed by atoms with Crippen LogP contribution < -0.4 is 5.32 Å². The van der Waals surface area contributed by atoms with E-state index in [1.165, 1.54) is 0 Å². The molecule has 20 heavy (non-hydrogen) atoms. The molecule has 1 aromatic carbocycles. The van der Waals surface area contributed by atoms with Crippen LogP contribution in [0.5, 0.6) is 0 Å². The Morgan fingerprint density at radius 2 is 1.95 bits per heavy atom. The zero-order valence-electron chi connectivity index (χ0n) is 10.6. The lowest BCUT2D eigenvalue weighted by atomic mass is 10.2. The zero-order valence-corrected chi connectivity index (χ0v) is 11.4. The second-order valence-electron chi connectivity index (χ2n) is 4.38. The highest BCUT2D eigenvalue weighted by Crippen LogP contribution is 2.20. The van der Waals surface area contributed by atoms with E-state index in [1.54, 1.807) is 24.3 Å². The molecule has 6 heteroatoms. The standard InChI is InChI=1S/C14H11ClN4O/c1-8-2-7-11-12(16-8)18-19-13(11)17-14(20)9-3-5-10(15)6-4-9/h2-7H,1H3,(H2,16,17,18,19,20). The molecule has 3 aromatic rings. The van der Waals surface area contributed by atoms with Crippen molar-refractivity contribution in [3.63, 3.8) is 0 Å². The van der Waals surface area contributed by atoms with Gasteiger partial charge in [0.1, 0.15) is 0 Å². The Bertz CT molecular complexity index is 779. The minimum atomic E-state index is -0.240. The van der Waals surface area contributed by atoms with Crippen molar-refractivity contribution in [3.05, 3.63) is 52.7 Å². The van der Waals surface area contributed by atoms with Crippen LogP contribution in [-0.4, -0.2) is 21.1 Å². The van der Waals surface area contributed by atoms with Gasteiger partial charge in [0.2, 0.25) is 0 Å². The van der Waals surface area contributed by atoms with Crippen molar-refractivity contribution in [1.29, 1.82) is 0 Å². The number of benzene rings is 1. The number of carbonyl (C=O) groups is 1. The molecular formula is C14H11ClN4O. The van der Waals surface area contributed by atoms with Gasteiger partial charge < -0.3 is 5.32 Å². The number of aryl methyl sites for hydroxylation is 1. The van der Waals surface area contributed by atoms with Crippen molar-refractivity contribution in [1.82, 2.24) is 15.2 Å². The number of fused-ring (bicyclic) bond motifs is 1. The SMILES string of the molecule is Cc1ccc2c(NC(=O)c3ccc(Cl)cc3)n[nH]c2n1. The molecule has 2 heterocycles. The van der Waals surface area contributed by atoms with Crippen LogP contribution in [0.4, 0.5) is 5.82 Å². The van der Waals surface area contributed by atoms with E-state index in [-0.39, 0.29) is 5.91 Å². The van der Waals surface area contributed by atoms with Crippen molar-refractivity contribution in [2.24, 2.45) is 0 Å². The summed E-state index contributed by atoms with van der Waals surface area (Å²) in [5.74, 6) is 0.225. The summed E-state index contributed by atoms with van der Waals surface area (Å²) in [6, 6.07) is 10.4. The van der Waals surface area contributed by atoms with Crippen LogP contribution >= 0.6 is 11.6 Å². The lowest BCUT2D eigenvalue weighted by Crippen LogP contribution is -2.12. The number of halogens is 1. The first-order valence-electron chi connectivity index (χ1n) is 6.02. The average molecular weight is 287 g/mol. The topological polar surface area (TPSA) is 70.7 Å². The van der Waals surface area contributed by atoms with Gasteiger partial charge in [-0.3, -0.25) is 9.89 Å². The third kappa shape index (κ3) is 2.35. The number of nitrogens with one attached hydrogen (secondary N) is 2. The number of amides is 1. The lowest BCUT2D eigenvalue weighted by Gasteiger charge is -2.02. The van der Waals surface area contributed by atoms with E-state index in [0.717, 1.165) is 11.1 Å². The maximum atomic E-state index is 12.1. The Morgan fingerprint density at radius 3 is 2.70 bits per heavy atom. The minimum absolute atomic E-state index is 0.240. The molecule has 0 aliphatic rings. The van der Waals surface area contributed by atoms with Crippen molar-refractivity contribution >= 4 is 34.4 Å². The highest BCUT2D eigenvalue weighted by molar-refractivity contribution is 6.30. The number of anilines is 1. The molecule has 0 spiro atoms. The first-order chi connectivity index (χ1) is 9.63. The first-order valence-corrected chi connectivity index (χ1v) is 6.40. The van der Waals surface area contributed by atoms with E-state index in [2.05, 4.69) is 20.5 Å². The van der Waals surface area contributed by atoms with Crippen LogP contribution in [0.25, 0.3) is 11.0 Å². The molecule has 3 rings (SSSR count). The van der Waals surface area contributed by atoms with Crippen LogP contribution in [-0.2, 0) is 0 Å². The third-order valence-corrected chi connectivity index (χ3v) is 3.15. The molecule has 0 radical (unpaired) electrons. The molecule has 0 bridgehead atoms. The Balaban J connectivity index is 1.89. The second kappa shape index (κ2) is 4.94. The number of aromatic amines is 1. The van der Waals surface area contributed by atoms with Gasteiger partial charge >= 0.3 is 0 Å². The van der Waals surface area contributed by atoms with Crippen molar-refractivity contribution in [3.8, 4) is 0 Å². The molecule has 0 aliphatic heterocycles. The molecule has 1 amide bonds. The summed E-state index contributed by atoms with van der Waals surface area (Å²) in [6.07, 6.45) is 0. The van der Waals surface area contributed by atoms with Gasteiger partial charge in [-0.2, -0.15) is 5.10 Å². The smallest absolute Gasteiger partial charge is 0.256 e. The fourth-order valence-electron chi connectivity index (χ4n) is 1.88. The molecule has 5 nitrogen and oxygen atoms in total. The van der Waals surface area contributed by atoms with E-state index < -0.39 is 0 Å². The monoisotopic (exact) mass is 286 g/mol. The fourth-order valence-corrected chi connectivity index (χ4v) is 2.00. The van der Waals surface area contributed by atoms with Crippen LogP contribution in [0.2, 0.25) is 5.02 Å². The summed E-state index contributed by atoms with van der Waals surface area (Å²) in [7, 11) is 0. The predicted molar refractivity (Wildman–Crippen MR) is 78.0 cm³/mol. The molecule has 0 fully saturated rings. The van der Waals surface area contributed by atoms with Gasteiger partial charge in [-0.1, -0.05) is 11.6 Å². The van der Waals surface area contributed by atoms with Crippen LogP contribution in [0.1, 0.15) is 16.1 Å². The molecule has 2 N–H and O–H groups in total. The molecule has 2 aromatic heterocycles.